The molecule has 0 spiro atoms. The Kier molecular flexibility index (Phi) is 4.84. The molecule has 2 aromatic rings. The highest BCUT2D eigenvalue weighted by molar-refractivity contribution is 5.34. The molecule has 0 saturated carbocycles. The number of aryl methyl sites for hydroxylation is 3. The molecule has 0 atom stereocenters. The molecule has 0 aliphatic rings. The van der Waals surface area contributed by atoms with Crippen LogP contribution in [0.15, 0.2) is 18.2 Å². The molecule has 1 aromatic heterocycles. The van der Waals surface area contributed by atoms with Crippen molar-refractivity contribution in [3.05, 3.63) is 51.8 Å². The van der Waals surface area contributed by atoms with Gasteiger partial charge in [0, 0.05) is 23.8 Å². The van der Waals surface area contributed by atoms with Gasteiger partial charge in [0.05, 0.1) is 12.2 Å². The van der Waals surface area contributed by atoms with Crippen LogP contribution in [0.4, 0.5) is 0 Å². The normalized spacial score (nSPS) is 11.4. The van der Waals surface area contributed by atoms with Gasteiger partial charge in [0.15, 0.2) is 0 Å². The van der Waals surface area contributed by atoms with Crippen LogP contribution in [0.2, 0.25) is 0 Å². The van der Waals surface area contributed by atoms with Gasteiger partial charge in [-0.25, -0.2) is 0 Å². The zero-order valence-electron chi connectivity index (χ0n) is 14.1. The molecule has 0 bridgehead atoms. The first-order chi connectivity index (χ1) is 9.90. The second-order valence-electron chi connectivity index (χ2n) is 6.21. The average Bonchev–Trinajstić information content (AvgIpc) is 2.67. The maximum Gasteiger partial charge on any atom is 0.0667 e. The Morgan fingerprint density at radius 2 is 1.67 bits per heavy atom. The van der Waals surface area contributed by atoms with Crippen LogP contribution in [0.5, 0.6) is 0 Å². The van der Waals surface area contributed by atoms with Crippen LogP contribution in [0.25, 0.3) is 0 Å². The van der Waals surface area contributed by atoms with Crippen molar-refractivity contribution in [1.82, 2.24) is 15.1 Å². The first-order valence-corrected chi connectivity index (χ1v) is 7.71. The van der Waals surface area contributed by atoms with E-state index in [1.54, 1.807) is 0 Å². The SMILES string of the molecule is Cc1cccc(C)c1Cn1nc(C)c(CNC(C)C)c1C. The van der Waals surface area contributed by atoms with Crippen molar-refractivity contribution in [2.75, 3.05) is 0 Å². The fraction of sp³-hybridized carbons (Fsp3) is 0.500. The third-order valence-electron chi connectivity index (χ3n) is 4.17. The number of nitrogens with zero attached hydrogens (tertiary/aromatic N) is 2. The summed E-state index contributed by atoms with van der Waals surface area (Å²) in [5.41, 5.74) is 7.78. The molecule has 3 nitrogen and oxygen atoms in total. The van der Waals surface area contributed by atoms with Gasteiger partial charge in [-0.2, -0.15) is 5.10 Å². The third-order valence-corrected chi connectivity index (χ3v) is 4.17. The van der Waals surface area contributed by atoms with Gasteiger partial charge in [-0.1, -0.05) is 32.0 Å². The molecule has 21 heavy (non-hydrogen) atoms. The molecule has 0 aliphatic heterocycles. The van der Waals surface area contributed by atoms with Crippen molar-refractivity contribution in [1.29, 1.82) is 0 Å². The molecular formula is C18H27N3. The fourth-order valence-electron chi connectivity index (χ4n) is 2.70. The van der Waals surface area contributed by atoms with E-state index < -0.39 is 0 Å². The van der Waals surface area contributed by atoms with Crippen LogP contribution in [-0.2, 0) is 13.1 Å². The summed E-state index contributed by atoms with van der Waals surface area (Å²) in [5.74, 6) is 0. The minimum absolute atomic E-state index is 0.491. The van der Waals surface area contributed by atoms with Crippen molar-refractivity contribution in [3.63, 3.8) is 0 Å². The highest BCUT2D eigenvalue weighted by atomic mass is 15.3. The number of nitrogens with one attached hydrogen (secondary N) is 1. The summed E-state index contributed by atoms with van der Waals surface area (Å²) in [4.78, 5) is 0. The first kappa shape index (κ1) is 15.8. The Morgan fingerprint density at radius 3 is 2.24 bits per heavy atom. The van der Waals surface area contributed by atoms with Crippen LogP contribution < -0.4 is 5.32 Å². The van der Waals surface area contributed by atoms with Crippen LogP contribution in [-0.4, -0.2) is 15.8 Å². The summed E-state index contributed by atoms with van der Waals surface area (Å²) in [6, 6.07) is 6.96. The fourth-order valence-corrected chi connectivity index (χ4v) is 2.70. The molecule has 0 fully saturated rings. The predicted octanol–water partition coefficient (Wildman–Crippen LogP) is 3.66. The molecule has 0 saturated heterocycles. The lowest BCUT2D eigenvalue weighted by Crippen LogP contribution is -2.22. The monoisotopic (exact) mass is 285 g/mol. The molecular weight excluding hydrogens is 258 g/mol. The maximum atomic E-state index is 4.74. The molecule has 1 aromatic carbocycles. The van der Waals surface area contributed by atoms with E-state index in [1.807, 2.05) is 0 Å². The van der Waals surface area contributed by atoms with Crippen molar-refractivity contribution in [2.45, 2.75) is 60.7 Å². The van der Waals surface area contributed by atoms with E-state index in [1.165, 1.54) is 27.9 Å². The van der Waals surface area contributed by atoms with Gasteiger partial charge < -0.3 is 5.32 Å². The zero-order chi connectivity index (χ0) is 15.6. The summed E-state index contributed by atoms with van der Waals surface area (Å²) >= 11 is 0. The van der Waals surface area contributed by atoms with E-state index >= 15 is 0 Å². The number of aromatic nitrogens is 2. The maximum absolute atomic E-state index is 4.74. The van der Waals surface area contributed by atoms with Gasteiger partial charge in [0.2, 0.25) is 0 Å². The molecule has 2 rings (SSSR count). The molecule has 3 heteroatoms. The van der Waals surface area contributed by atoms with Crippen LogP contribution >= 0.6 is 0 Å². The highest BCUT2D eigenvalue weighted by Gasteiger charge is 2.13. The number of hydrogen-bond donors (Lipinski definition) is 1. The van der Waals surface area contributed by atoms with Gasteiger partial charge in [-0.05, 0) is 44.4 Å². The second-order valence-corrected chi connectivity index (χ2v) is 6.21. The first-order valence-electron chi connectivity index (χ1n) is 7.71. The number of benzene rings is 1. The number of hydrogen-bond acceptors (Lipinski definition) is 2. The van der Waals surface area contributed by atoms with Gasteiger partial charge in [-0.15, -0.1) is 0 Å². The molecule has 1 N–H and O–H groups in total. The molecule has 1 heterocycles. The average molecular weight is 285 g/mol. The molecule has 0 unspecified atom stereocenters. The number of rotatable bonds is 5. The zero-order valence-corrected chi connectivity index (χ0v) is 14.1. The van der Waals surface area contributed by atoms with E-state index in [0.29, 0.717) is 6.04 Å². The minimum atomic E-state index is 0.491. The second kappa shape index (κ2) is 6.44. The van der Waals surface area contributed by atoms with E-state index in [0.717, 1.165) is 18.8 Å². The van der Waals surface area contributed by atoms with E-state index in [4.69, 9.17) is 5.10 Å². The lowest BCUT2D eigenvalue weighted by Gasteiger charge is -2.12. The molecule has 0 aliphatic carbocycles. The van der Waals surface area contributed by atoms with Crippen molar-refractivity contribution in [3.8, 4) is 0 Å². The lowest BCUT2D eigenvalue weighted by atomic mass is 10.0. The van der Waals surface area contributed by atoms with Gasteiger partial charge in [0.25, 0.3) is 0 Å². The largest absolute Gasteiger partial charge is 0.310 e. The Bertz CT molecular complexity index is 603. The quantitative estimate of drug-likeness (QED) is 0.908. The molecule has 114 valence electrons. The minimum Gasteiger partial charge on any atom is -0.310 e. The summed E-state index contributed by atoms with van der Waals surface area (Å²) in [7, 11) is 0. The van der Waals surface area contributed by atoms with Crippen molar-refractivity contribution < 1.29 is 0 Å². The van der Waals surface area contributed by atoms with E-state index in [-0.39, 0.29) is 0 Å². The van der Waals surface area contributed by atoms with Crippen LogP contribution in [0, 0.1) is 27.7 Å². The van der Waals surface area contributed by atoms with Gasteiger partial charge in [-0.3, -0.25) is 4.68 Å². The summed E-state index contributed by atoms with van der Waals surface area (Å²) in [6.45, 7) is 14.7. The van der Waals surface area contributed by atoms with Crippen molar-refractivity contribution >= 4 is 0 Å². The Balaban J connectivity index is 2.27. The summed E-state index contributed by atoms with van der Waals surface area (Å²) in [6.07, 6.45) is 0. The smallest absolute Gasteiger partial charge is 0.0667 e. The molecule has 0 amide bonds. The third kappa shape index (κ3) is 3.53. The highest BCUT2D eigenvalue weighted by Crippen LogP contribution is 2.18. The topological polar surface area (TPSA) is 29.9 Å². The van der Waals surface area contributed by atoms with Gasteiger partial charge in [0.1, 0.15) is 0 Å². The lowest BCUT2D eigenvalue weighted by molar-refractivity contribution is 0.584. The Labute approximate surface area is 128 Å². The van der Waals surface area contributed by atoms with E-state index in [9.17, 15) is 0 Å². The molecule has 0 radical (unpaired) electrons. The predicted molar refractivity (Wildman–Crippen MR) is 88.7 cm³/mol. The van der Waals surface area contributed by atoms with Crippen molar-refractivity contribution in [2.24, 2.45) is 0 Å². The van der Waals surface area contributed by atoms with Gasteiger partial charge >= 0.3 is 0 Å². The standard InChI is InChI=1S/C18H27N3/c1-12(2)19-10-17-15(5)20-21(16(17)6)11-18-13(3)8-7-9-14(18)4/h7-9,12,19H,10-11H2,1-6H3. The van der Waals surface area contributed by atoms with E-state index in [2.05, 4.69) is 69.7 Å². The van der Waals surface area contributed by atoms with Crippen LogP contribution in [0.3, 0.4) is 0 Å². The summed E-state index contributed by atoms with van der Waals surface area (Å²) < 4.78 is 2.14. The Hall–Kier alpha value is -1.61. The summed E-state index contributed by atoms with van der Waals surface area (Å²) in [5, 5.41) is 8.23. The van der Waals surface area contributed by atoms with Crippen LogP contribution in [0.1, 0.15) is 47.5 Å². The Morgan fingerprint density at radius 1 is 1.05 bits per heavy atom.